The molecule has 0 atom stereocenters. The minimum atomic E-state index is 1.12. The molecule has 38 valence electrons. The summed E-state index contributed by atoms with van der Waals surface area (Å²) in [5, 5.41) is 0. The summed E-state index contributed by atoms with van der Waals surface area (Å²) in [6.07, 6.45) is 0. The van der Waals surface area contributed by atoms with Crippen LogP contribution in [0.1, 0.15) is 5.56 Å². The lowest BCUT2D eigenvalue weighted by Crippen LogP contribution is -1.67. The lowest BCUT2D eigenvalue weighted by Gasteiger charge is -1.83. The molecule has 0 spiro atoms. The summed E-state index contributed by atoms with van der Waals surface area (Å²) in [5.41, 5.74) is 4.07. The summed E-state index contributed by atoms with van der Waals surface area (Å²) >= 11 is 0. The lowest BCUT2D eigenvalue weighted by molar-refractivity contribution is 1.66. The van der Waals surface area contributed by atoms with Crippen molar-refractivity contribution in [1.82, 2.24) is 0 Å². The average molecular weight is 118 g/mol. The second-order valence-electron chi connectivity index (χ2n) is 1.51. The Morgan fingerprint density at radius 1 is 1.12 bits per heavy atom. The first kappa shape index (κ1) is 5.36. The third-order valence-corrected chi connectivity index (χ3v) is 1.27. The van der Waals surface area contributed by atoms with Gasteiger partial charge in [0.2, 0.25) is 0 Å². The van der Waals surface area contributed by atoms with Crippen molar-refractivity contribution in [2.75, 3.05) is 0 Å². The predicted molar refractivity (Wildman–Crippen MR) is 36.6 cm³/mol. The molecule has 0 saturated carbocycles. The van der Waals surface area contributed by atoms with Crippen LogP contribution in [-0.2, 0) is 0 Å². The summed E-state index contributed by atoms with van der Waals surface area (Å²) in [6.45, 7) is 0. The molecule has 1 aromatic carbocycles. The Balaban J connectivity index is 3.05. The first-order chi connectivity index (χ1) is 3.93. The van der Waals surface area contributed by atoms with Gasteiger partial charge in [0.05, 0.1) is 0 Å². The van der Waals surface area contributed by atoms with Crippen molar-refractivity contribution in [2.45, 2.75) is 0 Å². The highest BCUT2D eigenvalue weighted by Crippen LogP contribution is 1.92. The van der Waals surface area contributed by atoms with Gasteiger partial charge in [0, 0.05) is 5.56 Å². The first-order valence-electron chi connectivity index (χ1n) is 2.45. The summed E-state index contributed by atoms with van der Waals surface area (Å²) in [4.78, 5) is 0. The van der Waals surface area contributed by atoms with Gasteiger partial charge in [-0.3, -0.25) is 0 Å². The molecule has 1 heteroatoms. The molecule has 0 N–H and O–H groups in total. The maximum absolute atomic E-state index is 2.94. The Kier molecular flexibility index (Phi) is 1.68. The molecule has 0 aliphatic heterocycles. The zero-order chi connectivity index (χ0) is 5.82. The molecule has 0 bridgehead atoms. The molecule has 0 aromatic heterocycles. The Hall–Kier alpha value is -0.783. The fourth-order valence-electron chi connectivity index (χ4n) is 0.534. The zero-order valence-corrected chi connectivity index (χ0v) is 5.62. The molecule has 1 rings (SSSR count). The van der Waals surface area contributed by atoms with Crippen molar-refractivity contribution in [3.63, 3.8) is 0 Å². The maximum atomic E-state index is 2.94. The number of hydrogen-bond acceptors (Lipinski definition) is 0. The van der Waals surface area contributed by atoms with Crippen molar-refractivity contribution < 1.29 is 0 Å². The monoisotopic (exact) mass is 118 g/mol. The molecule has 0 nitrogen and oxygen atoms in total. The molecule has 0 fully saturated rings. The van der Waals surface area contributed by atoms with Crippen LogP contribution in [0.5, 0.6) is 0 Å². The van der Waals surface area contributed by atoms with Gasteiger partial charge in [0.15, 0.2) is 0 Å². The molecule has 0 amide bonds. The molecule has 0 saturated heterocycles. The first-order valence-corrected chi connectivity index (χ1v) is 3.03. The van der Waals surface area contributed by atoms with E-state index in [0.29, 0.717) is 0 Å². The Morgan fingerprint density at radius 2 is 1.75 bits per heavy atom. The molecular weight excluding hydrogens is 112 g/mol. The third-order valence-electron chi connectivity index (χ3n) is 0.940. The normalized spacial score (nSPS) is 7.88. The van der Waals surface area contributed by atoms with Crippen LogP contribution in [-0.4, -0.2) is 9.68 Å². The minimum Gasteiger partial charge on any atom is -0.110 e. The van der Waals surface area contributed by atoms with Crippen LogP contribution in [0.25, 0.3) is 0 Å². The van der Waals surface area contributed by atoms with Gasteiger partial charge in [-0.2, -0.15) is 0 Å². The Labute approximate surface area is 51.9 Å². The standard InChI is InChI=1S/C7H6Si/c8-6-7-4-2-1-3-5-7/h1-5,8H. The summed E-state index contributed by atoms with van der Waals surface area (Å²) in [5.74, 6) is 0. The van der Waals surface area contributed by atoms with Crippen LogP contribution in [0.4, 0.5) is 0 Å². The molecule has 0 radical (unpaired) electrons. The molecule has 0 aliphatic carbocycles. The highest BCUT2D eigenvalue weighted by atomic mass is 28.1. The number of rotatable bonds is 0. The lowest BCUT2D eigenvalue weighted by atomic mass is 10.2. The van der Waals surface area contributed by atoms with Gasteiger partial charge in [0.25, 0.3) is 0 Å². The maximum Gasteiger partial charge on any atom is 0.0165 e. The fourth-order valence-corrected chi connectivity index (χ4v) is 0.727. The number of benzene rings is 1. The summed E-state index contributed by atoms with van der Waals surface area (Å²) < 4.78 is 0. The van der Waals surface area contributed by atoms with Gasteiger partial charge in [-0.15, -0.1) is 5.50 Å². The van der Waals surface area contributed by atoms with Crippen LogP contribution in [0.15, 0.2) is 30.3 Å². The van der Waals surface area contributed by atoms with Gasteiger partial charge in [-0.1, -0.05) is 18.2 Å². The SMILES string of the molecule is [SiH]#Cc1ccccc1. The smallest absolute Gasteiger partial charge is 0.0165 e. The van der Waals surface area contributed by atoms with Crippen LogP contribution < -0.4 is 0 Å². The molecule has 0 aliphatic rings. The van der Waals surface area contributed by atoms with Crippen LogP contribution >= 0.6 is 0 Å². The summed E-state index contributed by atoms with van der Waals surface area (Å²) in [6, 6.07) is 9.99. The third kappa shape index (κ3) is 1.09. The molecule has 0 heterocycles. The van der Waals surface area contributed by atoms with Gasteiger partial charge in [-0.25, -0.2) is 0 Å². The highest BCUT2D eigenvalue weighted by Gasteiger charge is 1.75. The summed E-state index contributed by atoms with van der Waals surface area (Å²) in [7, 11) is 2.44. The van der Waals surface area contributed by atoms with Crippen molar-refractivity contribution in [3.8, 4) is 5.50 Å². The van der Waals surface area contributed by atoms with Crippen LogP contribution in [0.2, 0.25) is 0 Å². The van der Waals surface area contributed by atoms with Crippen molar-refractivity contribution >= 4 is 9.68 Å². The van der Waals surface area contributed by atoms with E-state index < -0.39 is 0 Å². The quantitative estimate of drug-likeness (QED) is 0.444. The highest BCUT2D eigenvalue weighted by molar-refractivity contribution is 5.97. The van der Waals surface area contributed by atoms with Gasteiger partial charge < -0.3 is 0 Å². The van der Waals surface area contributed by atoms with Crippen molar-refractivity contribution in [1.29, 1.82) is 0 Å². The van der Waals surface area contributed by atoms with E-state index in [1.807, 2.05) is 30.3 Å². The Morgan fingerprint density at radius 3 is 2.12 bits per heavy atom. The van der Waals surface area contributed by atoms with Crippen molar-refractivity contribution in [2.24, 2.45) is 0 Å². The zero-order valence-electron chi connectivity index (χ0n) is 4.46. The van der Waals surface area contributed by atoms with Gasteiger partial charge >= 0.3 is 0 Å². The van der Waals surface area contributed by atoms with Gasteiger partial charge in [-0.05, 0) is 21.8 Å². The molecule has 0 unspecified atom stereocenters. The molecule has 8 heavy (non-hydrogen) atoms. The average Bonchev–Trinajstić information content (AvgIpc) is 1.90. The van der Waals surface area contributed by atoms with E-state index in [1.54, 1.807) is 0 Å². The van der Waals surface area contributed by atoms with Crippen LogP contribution in [0.3, 0.4) is 0 Å². The number of hydrogen-bond donors (Lipinski definition) is 0. The van der Waals surface area contributed by atoms with Crippen LogP contribution in [0, 0.1) is 5.50 Å². The topological polar surface area (TPSA) is 0 Å². The van der Waals surface area contributed by atoms with E-state index in [1.165, 1.54) is 0 Å². The van der Waals surface area contributed by atoms with Crippen molar-refractivity contribution in [3.05, 3.63) is 35.9 Å². The molecule has 1 aromatic rings. The van der Waals surface area contributed by atoms with E-state index in [2.05, 4.69) is 15.2 Å². The Bertz CT molecular complexity index is 195. The van der Waals surface area contributed by atoms with E-state index in [4.69, 9.17) is 0 Å². The molecular formula is C7H6Si. The van der Waals surface area contributed by atoms with E-state index in [0.717, 1.165) is 5.56 Å². The largest absolute Gasteiger partial charge is 0.110 e. The van der Waals surface area contributed by atoms with Gasteiger partial charge in [0.1, 0.15) is 0 Å². The fraction of sp³-hybridized carbons (Fsp3) is 0. The minimum absolute atomic E-state index is 1.12. The second-order valence-corrected chi connectivity index (χ2v) is 1.80. The second kappa shape index (κ2) is 2.51. The van der Waals surface area contributed by atoms with E-state index in [9.17, 15) is 0 Å². The van der Waals surface area contributed by atoms with E-state index in [-0.39, 0.29) is 0 Å². The van der Waals surface area contributed by atoms with E-state index >= 15 is 0 Å². The predicted octanol–water partition coefficient (Wildman–Crippen LogP) is 0.895.